The van der Waals surface area contributed by atoms with Crippen LogP contribution in [-0.4, -0.2) is 31.9 Å². The highest BCUT2D eigenvalue weighted by molar-refractivity contribution is 5.77. The molecule has 1 saturated carbocycles. The van der Waals surface area contributed by atoms with Gasteiger partial charge in [-0.1, -0.05) is 12.1 Å². The average Bonchev–Trinajstić information content (AvgIpc) is 3.66. The molecule has 6 rings (SSSR count). The van der Waals surface area contributed by atoms with Crippen LogP contribution in [0.4, 0.5) is 8.78 Å². The standard InChI is InChI=1S/C32H32F2O6/c1-2-37-32(35)25-18-24(25)19-3-5-20(6-4-19)39-30-11-8-23-28(12-9-26(33)31(23)30)40-22-7-10-29(27(34)17-22)38-21-13-15-36-16-14-21/h3-7,9-10,12,17,21,24-25,30H,2,8,11,13-16,18H2,1H3/t24-,25+,30-/m1/s1. The summed E-state index contributed by atoms with van der Waals surface area (Å²) in [7, 11) is 0. The summed E-state index contributed by atoms with van der Waals surface area (Å²) < 4.78 is 58.3. The average molecular weight is 551 g/mol. The van der Waals surface area contributed by atoms with Crippen molar-refractivity contribution in [1.82, 2.24) is 0 Å². The minimum absolute atomic E-state index is 0.0706. The molecule has 8 heteroatoms. The maximum atomic E-state index is 15.0. The van der Waals surface area contributed by atoms with Crippen molar-refractivity contribution < 1.29 is 37.3 Å². The van der Waals surface area contributed by atoms with Crippen LogP contribution in [0.5, 0.6) is 23.0 Å². The van der Waals surface area contributed by atoms with Crippen LogP contribution < -0.4 is 14.2 Å². The molecule has 0 amide bonds. The van der Waals surface area contributed by atoms with Crippen LogP contribution in [0.1, 0.15) is 61.3 Å². The van der Waals surface area contributed by atoms with E-state index in [4.69, 9.17) is 23.7 Å². The second-order valence-corrected chi connectivity index (χ2v) is 10.5. The summed E-state index contributed by atoms with van der Waals surface area (Å²) in [6, 6.07) is 15.1. The predicted molar refractivity (Wildman–Crippen MR) is 143 cm³/mol. The highest BCUT2D eigenvalue weighted by Crippen LogP contribution is 2.49. The second-order valence-electron chi connectivity index (χ2n) is 10.5. The number of halogens is 2. The van der Waals surface area contributed by atoms with E-state index in [1.165, 1.54) is 12.1 Å². The molecule has 0 unspecified atom stereocenters. The lowest BCUT2D eigenvalue weighted by Crippen LogP contribution is -2.26. The van der Waals surface area contributed by atoms with Crippen molar-refractivity contribution >= 4 is 5.97 Å². The smallest absolute Gasteiger partial charge is 0.309 e. The molecule has 3 atom stereocenters. The van der Waals surface area contributed by atoms with E-state index in [0.717, 1.165) is 30.4 Å². The Balaban J connectivity index is 1.12. The fourth-order valence-electron chi connectivity index (χ4n) is 5.63. The molecule has 2 aliphatic carbocycles. The summed E-state index contributed by atoms with van der Waals surface area (Å²) in [5.74, 6) is 0.681. The summed E-state index contributed by atoms with van der Waals surface area (Å²) in [6.07, 6.45) is 2.87. The molecule has 1 aliphatic heterocycles. The van der Waals surface area contributed by atoms with Gasteiger partial charge in [0.05, 0.1) is 25.7 Å². The number of hydrogen-bond acceptors (Lipinski definition) is 6. The van der Waals surface area contributed by atoms with E-state index >= 15 is 0 Å². The van der Waals surface area contributed by atoms with Gasteiger partial charge in [-0.05, 0) is 74.1 Å². The molecular formula is C32H32F2O6. The van der Waals surface area contributed by atoms with Gasteiger partial charge in [0.2, 0.25) is 0 Å². The van der Waals surface area contributed by atoms with Crippen LogP contribution in [-0.2, 0) is 20.7 Å². The Morgan fingerprint density at radius 1 is 0.900 bits per heavy atom. The number of benzene rings is 3. The van der Waals surface area contributed by atoms with Crippen molar-refractivity contribution in [2.24, 2.45) is 5.92 Å². The van der Waals surface area contributed by atoms with Gasteiger partial charge < -0.3 is 23.7 Å². The first-order valence-corrected chi connectivity index (χ1v) is 14.0. The maximum absolute atomic E-state index is 15.0. The van der Waals surface area contributed by atoms with E-state index in [1.54, 1.807) is 18.2 Å². The van der Waals surface area contributed by atoms with Crippen molar-refractivity contribution in [2.75, 3.05) is 19.8 Å². The number of esters is 1. The maximum Gasteiger partial charge on any atom is 0.309 e. The highest BCUT2D eigenvalue weighted by atomic mass is 19.1. The van der Waals surface area contributed by atoms with Gasteiger partial charge >= 0.3 is 5.97 Å². The van der Waals surface area contributed by atoms with Gasteiger partial charge in [0.15, 0.2) is 11.6 Å². The third-order valence-electron chi connectivity index (χ3n) is 7.80. The Bertz CT molecular complexity index is 1370. The van der Waals surface area contributed by atoms with Crippen molar-refractivity contribution in [1.29, 1.82) is 0 Å². The lowest BCUT2D eigenvalue weighted by atomic mass is 10.1. The fourth-order valence-corrected chi connectivity index (χ4v) is 5.63. The third-order valence-corrected chi connectivity index (χ3v) is 7.80. The summed E-state index contributed by atoms with van der Waals surface area (Å²) in [5, 5.41) is 0. The van der Waals surface area contributed by atoms with Crippen LogP contribution in [0.2, 0.25) is 0 Å². The molecule has 1 saturated heterocycles. The minimum atomic E-state index is -0.507. The molecule has 2 fully saturated rings. The van der Waals surface area contributed by atoms with Gasteiger partial charge in [0.25, 0.3) is 0 Å². The van der Waals surface area contributed by atoms with E-state index in [1.807, 2.05) is 31.2 Å². The van der Waals surface area contributed by atoms with Gasteiger partial charge in [-0.2, -0.15) is 0 Å². The number of carbonyl (C=O) groups excluding carboxylic acids is 1. The monoisotopic (exact) mass is 550 g/mol. The van der Waals surface area contributed by atoms with Crippen molar-refractivity contribution in [3.8, 4) is 23.0 Å². The van der Waals surface area contributed by atoms with E-state index in [9.17, 15) is 13.6 Å². The number of hydrogen-bond donors (Lipinski definition) is 0. The van der Waals surface area contributed by atoms with Gasteiger partial charge in [-0.3, -0.25) is 4.79 Å². The molecule has 1 heterocycles. The van der Waals surface area contributed by atoms with Crippen molar-refractivity contribution in [3.63, 3.8) is 0 Å². The number of fused-ring (bicyclic) bond motifs is 1. The normalized spacial score (nSPS) is 21.9. The Labute approximate surface area is 232 Å². The zero-order valence-electron chi connectivity index (χ0n) is 22.4. The van der Waals surface area contributed by atoms with E-state index in [2.05, 4.69) is 0 Å². The lowest BCUT2D eigenvalue weighted by molar-refractivity contribution is -0.144. The molecule has 6 nitrogen and oxygen atoms in total. The molecule has 210 valence electrons. The first kappa shape index (κ1) is 26.6. The van der Waals surface area contributed by atoms with E-state index in [0.29, 0.717) is 55.5 Å². The van der Waals surface area contributed by atoms with Crippen LogP contribution >= 0.6 is 0 Å². The molecule has 3 aliphatic rings. The van der Waals surface area contributed by atoms with Crippen molar-refractivity contribution in [3.05, 3.63) is 82.9 Å². The van der Waals surface area contributed by atoms with E-state index in [-0.39, 0.29) is 35.5 Å². The van der Waals surface area contributed by atoms with Crippen LogP contribution in [0.25, 0.3) is 0 Å². The molecule has 3 aromatic rings. The molecular weight excluding hydrogens is 518 g/mol. The summed E-state index contributed by atoms with van der Waals surface area (Å²) >= 11 is 0. The lowest BCUT2D eigenvalue weighted by Gasteiger charge is -2.23. The quantitative estimate of drug-likeness (QED) is 0.266. The summed E-state index contributed by atoms with van der Waals surface area (Å²) in [5.41, 5.74) is 2.25. The van der Waals surface area contributed by atoms with Gasteiger partial charge in [-0.15, -0.1) is 0 Å². The van der Waals surface area contributed by atoms with Gasteiger partial charge in [0.1, 0.15) is 35.3 Å². The summed E-state index contributed by atoms with van der Waals surface area (Å²) in [6.45, 7) is 3.41. The Kier molecular flexibility index (Phi) is 7.61. The second kappa shape index (κ2) is 11.5. The minimum Gasteiger partial charge on any atom is -0.487 e. The third kappa shape index (κ3) is 5.63. The zero-order valence-corrected chi connectivity index (χ0v) is 22.4. The first-order valence-electron chi connectivity index (χ1n) is 14.0. The Hall–Kier alpha value is -3.65. The number of ether oxygens (including phenoxy) is 5. The number of rotatable bonds is 9. The molecule has 3 aromatic carbocycles. The Morgan fingerprint density at radius 2 is 1.65 bits per heavy atom. The number of carbonyl (C=O) groups is 1. The molecule has 0 spiro atoms. The molecule has 0 radical (unpaired) electrons. The van der Waals surface area contributed by atoms with Gasteiger partial charge in [0, 0.05) is 30.0 Å². The molecule has 0 N–H and O–H groups in total. The molecule has 0 aromatic heterocycles. The zero-order chi connectivity index (χ0) is 27.6. The molecule has 40 heavy (non-hydrogen) atoms. The summed E-state index contributed by atoms with van der Waals surface area (Å²) in [4.78, 5) is 12.0. The SMILES string of the molecule is CCOC(=O)[C@H]1C[C@@H]1c1ccc(O[C@@H]2CCc3c(Oc4ccc(OC5CCOCC5)c(F)c4)ccc(F)c32)cc1. The van der Waals surface area contributed by atoms with Crippen LogP contribution in [0.3, 0.4) is 0 Å². The molecule has 0 bridgehead atoms. The predicted octanol–water partition coefficient (Wildman–Crippen LogP) is 7.05. The Morgan fingerprint density at radius 3 is 2.40 bits per heavy atom. The van der Waals surface area contributed by atoms with Gasteiger partial charge in [-0.25, -0.2) is 8.78 Å². The van der Waals surface area contributed by atoms with E-state index < -0.39 is 11.9 Å². The van der Waals surface area contributed by atoms with Crippen LogP contribution in [0.15, 0.2) is 54.6 Å². The topological polar surface area (TPSA) is 63.2 Å². The largest absolute Gasteiger partial charge is 0.487 e. The fraction of sp³-hybridized carbons (Fsp3) is 0.406. The van der Waals surface area contributed by atoms with Crippen LogP contribution in [0, 0.1) is 17.6 Å². The van der Waals surface area contributed by atoms with Crippen molar-refractivity contribution in [2.45, 2.75) is 57.2 Å². The highest BCUT2D eigenvalue weighted by Gasteiger charge is 2.45. The first-order chi connectivity index (χ1) is 19.5.